The molecule has 0 saturated carbocycles. The molecular weight excluding hydrogens is 219 g/mol. The van der Waals surface area contributed by atoms with Gasteiger partial charge in [0.25, 0.3) is 0 Å². The summed E-state index contributed by atoms with van der Waals surface area (Å²) in [5.41, 5.74) is 0.971. The molecule has 0 saturated heterocycles. The number of rotatable bonds is 5. The number of aromatic amines is 1. The van der Waals surface area contributed by atoms with Gasteiger partial charge in [0.2, 0.25) is 0 Å². The van der Waals surface area contributed by atoms with Crippen molar-refractivity contribution in [1.29, 1.82) is 0 Å². The zero-order chi connectivity index (χ0) is 12.1. The number of Topliss-reactive ketones (excluding diaryl/α,β-unsaturated/α-hetero) is 1. The molecule has 3 nitrogen and oxygen atoms in total. The van der Waals surface area contributed by atoms with E-state index in [0.29, 0.717) is 25.1 Å². The lowest BCUT2D eigenvalue weighted by Gasteiger charge is -2.00. The average molecular weight is 232 g/mol. The fourth-order valence-electron chi connectivity index (χ4n) is 1.60. The van der Waals surface area contributed by atoms with E-state index in [0.717, 1.165) is 5.56 Å². The van der Waals surface area contributed by atoms with Crippen molar-refractivity contribution in [3.63, 3.8) is 0 Å². The van der Waals surface area contributed by atoms with Crippen molar-refractivity contribution >= 4 is 5.78 Å². The van der Waals surface area contributed by atoms with Crippen LogP contribution >= 0.6 is 0 Å². The highest BCUT2D eigenvalue weighted by molar-refractivity contribution is 5.80. The summed E-state index contributed by atoms with van der Waals surface area (Å²) in [6.07, 6.45) is 4.74. The lowest BCUT2D eigenvalue weighted by molar-refractivity contribution is -0.118. The molecule has 0 spiro atoms. The molecule has 0 radical (unpaired) electrons. The fourth-order valence-corrected chi connectivity index (χ4v) is 1.60. The predicted molar refractivity (Wildman–Crippen MR) is 62.0 cm³/mol. The van der Waals surface area contributed by atoms with Crippen molar-refractivity contribution < 1.29 is 9.18 Å². The number of hydrogen-bond donors (Lipinski definition) is 1. The first-order valence-corrected chi connectivity index (χ1v) is 5.48. The molecule has 0 amide bonds. The standard InChI is InChI=1S/C13H13FN2O/c14-11-4-1-10(2-5-11)3-6-12(17)9-13-15-7-8-16-13/h1-2,4-5,7-8H,3,6,9H2,(H,15,16). The third-order valence-corrected chi connectivity index (χ3v) is 2.53. The third kappa shape index (κ3) is 3.52. The third-order valence-electron chi connectivity index (χ3n) is 2.53. The fraction of sp³-hybridized carbons (Fsp3) is 0.231. The molecule has 4 heteroatoms. The molecule has 17 heavy (non-hydrogen) atoms. The van der Waals surface area contributed by atoms with Crippen molar-refractivity contribution in [2.75, 3.05) is 0 Å². The summed E-state index contributed by atoms with van der Waals surface area (Å²) in [6.45, 7) is 0. The number of carbonyl (C=O) groups is 1. The number of nitrogens with one attached hydrogen (secondary N) is 1. The number of hydrogen-bond acceptors (Lipinski definition) is 2. The Kier molecular flexibility index (Phi) is 3.65. The topological polar surface area (TPSA) is 45.8 Å². The van der Waals surface area contributed by atoms with E-state index in [1.54, 1.807) is 24.5 Å². The van der Waals surface area contributed by atoms with E-state index in [4.69, 9.17) is 0 Å². The summed E-state index contributed by atoms with van der Waals surface area (Å²) in [5, 5.41) is 0. The molecule has 88 valence electrons. The number of H-pyrrole nitrogens is 1. The van der Waals surface area contributed by atoms with Gasteiger partial charge in [0, 0.05) is 18.8 Å². The van der Waals surface area contributed by atoms with Gasteiger partial charge in [0.1, 0.15) is 17.4 Å². The zero-order valence-corrected chi connectivity index (χ0v) is 9.32. The maximum Gasteiger partial charge on any atom is 0.140 e. The van der Waals surface area contributed by atoms with Crippen LogP contribution in [-0.2, 0) is 17.6 Å². The van der Waals surface area contributed by atoms with Crippen LogP contribution in [0, 0.1) is 5.82 Å². The highest BCUT2D eigenvalue weighted by Crippen LogP contribution is 2.06. The molecule has 0 aliphatic heterocycles. The summed E-state index contributed by atoms with van der Waals surface area (Å²) in [4.78, 5) is 18.5. The monoisotopic (exact) mass is 232 g/mol. The molecular formula is C13H13FN2O. The van der Waals surface area contributed by atoms with E-state index < -0.39 is 0 Å². The number of aryl methyl sites for hydroxylation is 1. The first kappa shape index (κ1) is 11.5. The minimum Gasteiger partial charge on any atom is -0.348 e. The van der Waals surface area contributed by atoms with E-state index in [9.17, 15) is 9.18 Å². The highest BCUT2D eigenvalue weighted by atomic mass is 19.1. The largest absolute Gasteiger partial charge is 0.348 e. The van der Waals surface area contributed by atoms with Crippen LogP contribution in [0.1, 0.15) is 17.8 Å². The van der Waals surface area contributed by atoms with Crippen LogP contribution in [0.25, 0.3) is 0 Å². The Hall–Kier alpha value is -1.97. The molecule has 0 atom stereocenters. The second-order valence-electron chi connectivity index (χ2n) is 3.88. The van der Waals surface area contributed by atoms with Gasteiger partial charge in [-0.2, -0.15) is 0 Å². The van der Waals surface area contributed by atoms with Gasteiger partial charge in [-0.1, -0.05) is 12.1 Å². The second-order valence-corrected chi connectivity index (χ2v) is 3.88. The quantitative estimate of drug-likeness (QED) is 0.859. The van der Waals surface area contributed by atoms with Gasteiger partial charge in [-0.15, -0.1) is 0 Å². The Bertz CT molecular complexity index is 477. The summed E-state index contributed by atoms with van der Waals surface area (Å²) in [6, 6.07) is 6.23. The van der Waals surface area contributed by atoms with Crippen molar-refractivity contribution in [2.45, 2.75) is 19.3 Å². The molecule has 0 fully saturated rings. The molecule has 0 aliphatic carbocycles. The number of halogens is 1. The van der Waals surface area contributed by atoms with E-state index in [1.807, 2.05) is 0 Å². The van der Waals surface area contributed by atoms with Crippen LogP contribution < -0.4 is 0 Å². The number of carbonyl (C=O) groups excluding carboxylic acids is 1. The smallest absolute Gasteiger partial charge is 0.140 e. The predicted octanol–water partition coefficient (Wildman–Crippen LogP) is 2.29. The minimum atomic E-state index is -0.254. The van der Waals surface area contributed by atoms with Crippen molar-refractivity contribution in [2.24, 2.45) is 0 Å². The van der Waals surface area contributed by atoms with Gasteiger partial charge in [0.05, 0.1) is 6.42 Å². The Morgan fingerprint density at radius 2 is 2.06 bits per heavy atom. The molecule has 0 aliphatic rings. The minimum absolute atomic E-state index is 0.129. The van der Waals surface area contributed by atoms with Crippen LogP contribution in [-0.4, -0.2) is 15.8 Å². The molecule has 1 aromatic heterocycles. The highest BCUT2D eigenvalue weighted by Gasteiger charge is 2.05. The first-order chi connectivity index (χ1) is 8.24. The van der Waals surface area contributed by atoms with Gasteiger partial charge < -0.3 is 4.98 Å². The van der Waals surface area contributed by atoms with Crippen LogP contribution in [0.3, 0.4) is 0 Å². The molecule has 1 heterocycles. The van der Waals surface area contributed by atoms with Crippen LogP contribution in [0.15, 0.2) is 36.7 Å². The lowest BCUT2D eigenvalue weighted by atomic mass is 10.1. The Morgan fingerprint density at radius 1 is 1.29 bits per heavy atom. The molecule has 2 rings (SSSR count). The van der Waals surface area contributed by atoms with Crippen molar-refractivity contribution in [3.8, 4) is 0 Å². The molecule has 0 bridgehead atoms. The van der Waals surface area contributed by atoms with Crippen LogP contribution in [0.2, 0.25) is 0 Å². The van der Waals surface area contributed by atoms with E-state index in [2.05, 4.69) is 9.97 Å². The Morgan fingerprint density at radius 3 is 2.71 bits per heavy atom. The summed E-state index contributed by atoms with van der Waals surface area (Å²) < 4.78 is 12.7. The van der Waals surface area contributed by atoms with Crippen LogP contribution in [0.5, 0.6) is 0 Å². The van der Waals surface area contributed by atoms with Gasteiger partial charge in [0.15, 0.2) is 0 Å². The number of ketones is 1. The van der Waals surface area contributed by atoms with E-state index in [-0.39, 0.29) is 11.6 Å². The number of benzene rings is 1. The van der Waals surface area contributed by atoms with E-state index >= 15 is 0 Å². The number of imidazole rings is 1. The summed E-state index contributed by atoms with van der Waals surface area (Å²) in [7, 11) is 0. The average Bonchev–Trinajstić information content (AvgIpc) is 2.81. The zero-order valence-electron chi connectivity index (χ0n) is 9.32. The Labute approximate surface area is 98.7 Å². The molecule has 0 unspecified atom stereocenters. The van der Waals surface area contributed by atoms with E-state index in [1.165, 1.54) is 12.1 Å². The second kappa shape index (κ2) is 5.39. The summed E-state index contributed by atoms with van der Waals surface area (Å²) >= 11 is 0. The van der Waals surface area contributed by atoms with Gasteiger partial charge in [-0.05, 0) is 24.1 Å². The lowest BCUT2D eigenvalue weighted by Crippen LogP contribution is -2.05. The molecule has 1 aromatic carbocycles. The van der Waals surface area contributed by atoms with Crippen LogP contribution in [0.4, 0.5) is 4.39 Å². The first-order valence-electron chi connectivity index (χ1n) is 5.48. The van der Waals surface area contributed by atoms with Gasteiger partial charge in [-0.3, -0.25) is 4.79 Å². The number of nitrogens with zero attached hydrogens (tertiary/aromatic N) is 1. The van der Waals surface area contributed by atoms with Crippen molar-refractivity contribution in [3.05, 3.63) is 53.9 Å². The van der Waals surface area contributed by atoms with Gasteiger partial charge >= 0.3 is 0 Å². The maximum atomic E-state index is 12.7. The summed E-state index contributed by atoms with van der Waals surface area (Å²) in [5.74, 6) is 0.564. The van der Waals surface area contributed by atoms with Crippen molar-refractivity contribution in [1.82, 2.24) is 9.97 Å². The Balaban J connectivity index is 1.82. The molecule has 2 aromatic rings. The van der Waals surface area contributed by atoms with Gasteiger partial charge in [-0.25, -0.2) is 9.37 Å². The number of aromatic nitrogens is 2. The molecule has 1 N–H and O–H groups in total. The maximum absolute atomic E-state index is 12.7. The SMILES string of the molecule is O=C(CCc1ccc(F)cc1)Cc1ncc[nH]1. The normalized spacial score (nSPS) is 10.4.